The van der Waals surface area contributed by atoms with Gasteiger partial charge in [0.1, 0.15) is 0 Å². The standard InChI is InChI=1S/C26H25FO2/c1-3-5-6-7-17-8-10-19(11-9-17)20-13-14-21-22-15-12-18(4-2)24(27)25(22)29-26(28)23(21)16-20/h8-16H,3-7H2,1-2H3. The minimum atomic E-state index is -0.502. The van der Waals surface area contributed by atoms with Crippen LogP contribution in [0.15, 0.2) is 63.8 Å². The van der Waals surface area contributed by atoms with Gasteiger partial charge in [0, 0.05) is 10.8 Å². The summed E-state index contributed by atoms with van der Waals surface area (Å²) in [6.07, 6.45) is 5.31. The molecule has 0 N–H and O–H groups in total. The van der Waals surface area contributed by atoms with Gasteiger partial charge in [-0.25, -0.2) is 9.18 Å². The van der Waals surface area contributed by atoms with Gasteiger partial charge in [0.25, 0.3) is 0 Å². The molecule has 0 aliphatic heterocycles. The van der Waals surface area contributed by atoms with Crippen LogP contribution >= 0.6 is 0 Å². The highest BCUT2D eigenvalue weighted by atomic mass is 19.1. The van der Waals surface area contributed by atoms with Crippen molar-refractivity contribution in [2.75, 3.05) is 0 Å². The maximum absolute atomic E-state index is 14.6. The maximum atomic E-state index is 14.6. The lowest BCUT2D eigenvalue weighted by molar-refractivity contribution is 0.525. The molecule has 1 heterocycles. The molecule has 4 rings (SSSR count). The number of aryl methyl sites for hydroxylation is 2. The molecule has 0 saturated heterocycles. The summed E-state index contributed by atoms with van der Waals surface area (Å²) in [5.74, 6) is -0.438. The van der Waals surface area contributed by atoms with E-state index in [9.17, 15) is 9.18 Å². The van der Waals surface area contributed by atoms with Crippen LogP contribution in [0.2, 0.25) is 0 Å². The van der Waals surface area contributed by atoms with Crippen LogP contribution < -0.4 is 5.63 Å². The van der Waals surface area contributed by atoms with Crippen LogP contribution in [0.25, 0.3) is 32.9 Å². The molecule has 0 amide bonds. The Hall–Kier alpha value is -2.94. The summed E-state index contributed by atoms with van der Waals surface area (Å²) in [6, 6.07) is 17.8. The molecule has 0 atom stereocenters. The normalized spacial score (nSPS) is 11.4. The highest BCUT2D eigenvalue weighted by Gasteiger charge is 2.14. The van der Waals surface area contributed by atoms with E-state index in [-0.39, 0.29) is 5.58 Å². The Morgan fingerprint density at radius 1 is 0.828 bits per heavy atom. The Labute approximate surface area is 170 Å². The SMILES string of the molecule is CCCCCc1ccc(-c2ccc3c(c2)c(=O)oc2c(F)c(CC)ccc23)cc1. The molecule has 0 saturated carbocycles. The third kappa shape index (κ3) is 3.69. The molecule has 3 heteroatoms. The van der Waals surface area contributed by atoms with E-state index in [0.717, 1.165) is 22.9 Å². The van der Waals surface area contributed by atoms with Crippen molar-refractivity contribution in [3.63, 3.8) is 0 Å². The molecule has 0 bridgehead atoms. The molecule has 0 fully saturated rings. The van der Waals surface area contributed by atoms with Crippen molar-refractivity contribution in [3.05, 3.63) is 82.0 Å². The zero-order valence-corrected chi connectivity index (χ0v) is 16.9. The average Bonchev–Trinajstić information content (AvgIpc) is 2.75. The molecule has 0 radical (unpaired) electrons. The third-order valence-corrected chi connectivity index (χ3v) is 5.64. The molecular weight excluding hydrogens is 363 g/mol. The summed E-state index contributed by atoms with van der Waals surface area (Å²) in [7, 11) is 0. The molecular formula is C26H25FO2. The number of unbranched alkanes of at least 4 members (excludes halogenated alkanes) is 2. The molecule has 4 aromatic rings. The topological polar surface area (TPSA) is 30.2 Å². The van der Waals surface area contributed by atoms with Crippen molar-refractivity contribution in [3.8, 4) is 11.1 Å². The Balaban J connectivity index is 1.75. The van der Waals surface area contributed by atoms with Crippen LogP contribution in [-0.4, -0.2) is 0 Å². The Bertz CT molecular complexity index is 1220. The summed E-state index contributed by atoms with van der Waals surface area (Å²) in [5.41, 5.74) is 3.43. The van der Waals surface area contributed by atoms with Crippen LogP contribution in [0.3, 0.4) is 0 Å². The van der Waals surface area contributed by atoms with Crippen molar-refractivity contribution in [2.24, 2.45) is 0 Å². The van der Waals surface area contributed by atoms with E-state index in [1.807, 2.05) is 31.2 Å². The number of rotatable bonds is 6. The highest BCUT2D eigenvalue weighted by molar-refractivity contribution is 6.05. The van der Waals surface area contributed by atoms with Crippen LogP contribution in [0.4, 0.5) is 4.39 Å². The zero-order valence-electron chi connectivity index (χ0n) is 16.9. The lowest BCUT2D eigenvalue weighted by Crippen LogP contribution is -2.02. The molecule has 3 aromatic carbocycles. The van der Waals surface area contributed by atoms with Crippen molar-refractivity contribution < 1.29 is 8.81 Å². The van der Waals surface area contributed by atoms with E-state index < -0.39 is 11.4 Å². The van der Waals surface area contributed by atoms with Crippen LogP contribution in [-0.2, 0) is 12.8 Å². The van der Waals surface area contributed by atoms with E-state index in [4.69, 9.17) is 4.42 Å². The van der Waals surface area contributed by atoms with Crippen LogP contribution in [0.5, 0.6) is 0 Å². The van der Waals surface area contributed by atoms with Gasteiger partial charge in [-0.1, -0.05) is 75.2 Å². The van der Waals surface area contributed by atoms with Gasteiger partial charge in [-0.05, 0) is 47.6 Å². The van der Waals surface area contributed by atoms with E-state index in [0.29, 0.717) is 22.8 Å². The van der Waals surface area contributed by atoms with Crippen molar-refractivity contribution in [1.82, 2.24) is 0 Å². The van der Waals surface area contributed by atoms with Crippen molar-refractivity contribution in [1.29, 1.82) is 0 Å². The monoisotopic (exact) mass is 388 g/mol. The summed E-state index contributed by atoms with van der Waals surface area (Å²) in [6.45, 7) is 4.09. The van der Waals surface area contributed by atoms with E-state index >= 15 is 0 Å². The number of benzene rings is 3. The van der Waals surface area contributed by atoms with Crippen molar-refractivity contribution in [2.45, 2.75) is 46.0 Å². The van der Waals surface area contributed by atoms with Gasteiger partial charge >= 0.3 is 5.63 Å². The molecule has 148 valence electrons. The maximum Gasteiger partial charge on any atom is 0.344 e. The molecule has 0 aliphatic rings. The lowest BCUT2D eigenvalue weighted by atomic mass is 9.98. The molecule has 1 aromatic heterocycles. The van der Waals surface area contributed by atoms with Gasteiger partial charge < -0.3 is 4.42 Å². The highest BCUT2D eigenvalue weighted by Crippen LogP contribution is 2.30. The lowest BCUT2D eigenvalue weighted by Gasteiger charge is -2.09. The minimum Gasteiger partial charge on any atom is -0.419 e. The van der Waals surface area contributed by atoms with E-state index in [1.54, 1.807) is 6.07 Å². The zero-order chi connectivity index (χ0) is 20.4. The van der Waals surface area contributed by atoms with Crippen molar-refractivity contribution >= 4 is 21.7 Å². The summed E-state index contributed by atoms with van der Waals surface area (Å²) in [5, 5.41) is 1.83. The van der Waals surface area contributed by atoms with Crippen LogP contribution in [0, 0.1) is 5.82 Å². The molecule has 0 aliphatic carbocycles. The van der Waals surface area contributed by atoms with Gasteiger partial charge in [0.2, 0.25) is 0 Å². The first-order chi connectivity index (χ1) is 14.1. The van der Waals surface area contributed by atoms with E-state index in [1.165, 1.54) is 24.8 Å². The predicted molar refractivity (Wildman–Crippen MR) is 118 cm³/mol. The molecule has 29 heavy (non-hydrogen) atoms. The number of hydrogen-bond acceptors (Lipinski definition) is 2. The smallest absolute Gasteiger partial charge is 0.344 e. The average molecular weight is 388 g/mol. The summed E-state index contributed by atoms with van der Waals surface area (Å²) >= 11 is 0. The Morgan fingerprint density at radius 3 is 2.28 bits per heavy atom. The summed E-state index contributed by atoms with van der Waals surface area (Å²) in [4.78, 5) is 12.6. The largest absolute Gasteiger partial charge is 0.419 e. The first kappa shape index (κ1) is 19.4. The Kier molecular flexibility index (Phi) is 5.48. The third-order valence-electron chi connectivity index (χ3n) is 5.64. The second-order valence-corrected chi connectivity index (χ2v) is 7.57. The van der Waals surface area contributed by atoms with E-state index in [2.05, 4.69) is 31.2 Å². The second-order valence-electron chi connectivity index (χ2n) is 7.57. The predicted octanol–water partition coefficient (Wildman–Crippen LogP) is 7.05. The minimum absolute atomic E-state index is 0.0473. The van der Waals surface area contributed by atoms with Gasteiger partial charge in [-0.2, -0.15) is 0 Å². The number of hydrogen-bond donors (Lipinski definition) is 0. The number of fused-ring (bicyclic) bond motifs is 3. The second kappa shape index (κ2) is 8.20. The van der Waals surface area contributed by atoms with Crippen LogP contribution in [0.1, 0.15) is 44.2 Å². The number of halogens is 1. The fourth-order valence-electron chi connectivity index (χ4n) is 3.90. The molecule has 0 unspecified atom stereocenters. The van der Waals surface area contributed by atoms with Gasteiger partial charge in [0.15, 0.2) is 11.4 Å². The van der Waals surface area contributed by atoms with Gasteiger partial charge in [-0.15, -0.1) is 0 Å². The molecule has 0 spiro atoms. The van der Waals surface area contributed by atoms with Gasteiger partial charge in [-0.3, -0.25) is 0 Å². The Morgan fingerprint density at radius 2 is 1.55 bits per heavy atom. The molecule has 2 nitrogen and oxygen atoms in total. The summed E-state index contributed by atoms with van der Waals surface area (Å²) < 4.78 is 20.0. The quantitative estimate of drug-likeness (QED) is 0.201. The van der Waals surface area contributed by atoms with Gasteiger partial charge in [0.05, 0.1) is 5.39 Å². The fourth-order valence-corrected chi connectivity index (χ4v) is 3.90. The first-order valence-electron chi connectivity index (χ1n) is 10.4. The first-order valence-corrected chi connectivity index (χ1v) is 10.4. The fraction of sp³-hybridized carbons (Fsp3) is 0.269.